The topological polar surface area (TPSA) is 68.3 Å². The second-order valence-corrected chi connectivity index (χ2v) is 8.59. The molecule has 0 aliphatic heterocycles. The molecule has 0 aliphatic rings. The van der Waals surface area contributed by atoms with Crippen molar-refractivity contribution in [3.05, 3.63) is 54.1 Å². The number of benzene rings is 2. The lowest BCUT2D eigenvalue weighted by molar-refractivity contribution is 0.595. The molecule has 4 nitrogen and oxygen atoms in total. The molecule has 2 rings (SSSR count). The third-order valence-electron chi connectivity index (χ3n) is 2.84. The van der Waals surface area contributed by atoms with Gasteiger partial charge in [-0.3, -0.25) is 0 Å². The molecule has 0 atom stereocenters. The number of rotatable bonds is 3. The summed E-state index contributed by atoms with van der Waals surface area (Å²) in [5.41, 5.74) is 0.117. The lowest BCUT2D eigenvalue weighted by atomic mass is 10.2. The third-order valence-corrected chi connectivity index (χ3v) is 6.22. The zero-order chi connectivity index (χ0) is 15.0. The highest BCUT2D eigenvalue weighted by Gasteiger charge is 2.24. The summed E-state index contributed by atoms with van der Waals surface area (Å²) >= 11 is 0. The molecule has 0 saturated carbocycles. The Morgan fingerprint density at radius 3 is 1.90 bits per heavy atom. The van der Waals surface area contributed by atoms with Gasteiger partial charge in [-0.1, -0.05) is 24.3 Å². The van der Waals surface area contributed by atoms with Gasteiger partial charge in [0.2, 0.25) is 9.84 Å². The first-order chi connectivity index (χ1) is 9.24. The molecule has 0 aliphatic carbocycles. The summed E-state index contributed by atoms with van der Waals surface area (Å²) in [4.78, 5) is -0.159. The Morgan fingerprint density at radius 2 is 1.35 bits per heavy atom. The van der Waals surface area contributed by atoms with E-state index >= 15 is 0 Å². The van der Waals surface area contributed by atoms with Crippen LogP contribution in [0.15, 0.2) is 63.2 Å². The SMILES string of the molecule is Cc1c(S(=O)(=O)Cl)cccc1S(=O)(=O)c1ccccc1. The highest BCUT2D eigenvalue weighted by Crippen LogP contribution is 2.29. The van der Waals surface area contributed by atoms with Gasteiger partial charge in [0.1, 0.15) is 0 Å². The molecule has 2 aromatic rings. The van der Waals surface area contributed by atoms with E-state index in [0.29, 0.717) is 0 Å². The molecular formula is C13H11ClO4S2. The molecule has 0 amide bonds. The van der Waals surface area contributed by atoms with Gasteiger partial charge in [-0.15, -0.1) is 0 Å². The Balaban J connectivity index is 2.72. The van der Waals surface area contributed by atoms with Gasteiger partial charge >= 0.3 is 0 Å². The van der Waals surface area contributed by atoms with Crippen LogP contribution in [0.2, 0.25) is 0 Å². The van der Waals surface area contributed by atoms with Crippen molar-refractivity contribution in [2.45, 2.75) is 21.6 Å². The molecule has 0 saturated heterocycles. The molecule has 0 bridgehead atoms. The maximum atomic E-state index is 12.5. The van der Waals surface area contributed by atoms with Gasteiger partial charge in [0.15, 0.2) is 0 Å². The highest BCUT2D eigenvalue weighted by atomic mass is 35.7. The quantitative estimate of drug-likeness (QED) is 0.811. The normalized spacial score (nSPS) is 12.3. The molecule has 0 heterocycles. The van der Waals surface area contributed by atoms with E-state index in [9.17, 15) is 16.8 Å². The molecule has 0 unspecified atom stereocenters. The third kappa shape index (κ3) is 2.72. The number of sulfone groups is 1. The second kappa shape index (κ2) is 5.20. The first-order valence-corrected chi connectivity index (χ1v) is 9.38. The molecule has 106 valence electrons. The fourth-order valence-electron chi connectivity index (χ4n) is 1.88. The van der Waals surface area contributed by atoms with Crippen molar-refractivity contribution in [3.8, 4) is 0 Å². The van der Waals surface area contributed by atoms with Crippen LogP contribution in [-0.4, -0.2) is 16.8 Å². The van der Waals surface area contributed by atoms with Gasteiger partial charge in [0.25, 0.3) is 9.05 Å². The second-order valence-electron chi connectivity index (χ2n) is 4.13. The molecular weight excluding hydrogens is 320 g/mol. The Bertz CT molecular complexity index is 841. The predicted octanol–water partition coefficient (Wildman–Crippen LogP) is 2.76. The Hall–Kier alpha value is -1.37. The van der Waals surface area contributed by atoms with E-state index in [1.807, 2.05) is 0 Å². The fraction of sp³-hybridized carbons (Fsp3) is 0.0769. The Labute approximate surface area is 122 Å². The largest absolute Gasteiger partial charge is 0.261 e. The van der Waals surface area contributed by atoms with Crippen LogP contribution in [0.4, 0.5) is 0 Å². The molecule has 2 aromatic carbocycles. The van der Waals surface area contributed by atoms with E-state index in [1.165, 1.54) is 37.3 Å². The zero-order valence-corrected chi connectivity index (χ0v) is 12.8. The first-order valence-electron chi connectivity index (χ1n) is 5.59. The summed E-state index contributed by atoms with van der Waals surface area (Å²) in [5, 5.41) is 0. The molecule has 7 heteroatoms. The zero-order valence-electron chi connectivity index (χ0n) is 10.4. The average Bonchev–Trinajstić information content (AvgIpc) is 2.38. The van der Waals surface area contributed by atoms with Gasteiger partial charge in [0.05, 0.1) is 14.7 Å². The maximum absolute atomic E-state index is 12.5. The van der Waals surface area contributed by atoms with E-state index in [1.54, 1.807) is 18.2 Å². The van der Waals surface area contributed by atoms with Crippen LogP contribution < -0.4 is 0 Å². The number of halogens is 1. The summed E-state index contributed by atoms with van der Waals surface area (Å²) in [5.74, 6) is 0. The summed E-state index contributed by atoms with van der Waals surface area (Å²) in [6.45, 7) is 1.42. The van der Waals surface area contributed by atoms with Crippen LogP contribution in [0.3, 0.4) is 0 Å². The summed E-state index contributed by atoms with van der Waals surface area (Å²) in [7, 11) is -2.46. The van der Waals surface area contributed by atoms with Gasteiger partial charge in [-0.25, -0.2) is 16.8 Å². The minimum Gasteiger partial charge on any atom is -0.219 e. The number of hydrogen-bond donors (Lipinski definition) is 0. The minimum absolute atomic E-state index is 0.0644. The smallest absolute Gasteiger partial charge is 0.219 e. The van der Waals surface area contributed by atoms with E-state index in [4.69, 9.17) is 10.7 Å². The van der Waals surface area contributed by atoms with Crippen molar-refractivity contribution in [1.82, 2.24) is 0 Å². The Kier molecular flexibility index (Phi) is 3.90. The van der Waals surface area contributed by atoms with E-state index in [2.05, 4.69) is 0 Å². The molecule has 0 N–H and O–H groups in total. The van der Waals surface area contributed by atoms with E-state index in [-0.39, 0.29) is 20.2 Å². The number of hydrogen-bond acceptors (Lipinski definition) is 4. The van der Waals surface area contributed by atoms with Crippen molar-refractivity contribution < 1.29 is 16.8 Å². The summed E-state index contributed by atoms with van der Waals surface area (Å²) in [6, 6.07) is 11.8. The molecule has 20 heavy (non-hydrogen) atoms. The maximum Gasteiger partial charge on any atom is 0.261 e. The Morgan fingerprint density at radius 1 is 0.800 bits per heavy atom. The van der Waals surface area contributed by atoms with Crippen LogP contribution in [0.1, 0.15) is 5.56 Å². The van der Waals surface area contributed by atoms with Crippen molar-refractivity contribution in [2.24, 2.45) is 0 Å². The molecule has 0 spiro atoms. The van der Waals surface area contributed by atoms with E-state index in [0.717, 1.165) is 0 Å². The highest BCUT2D eigenvalue weighted by molar-refractivity contribution is 8.13. The van der Waals surface area contributed by atoms with Crippen molar-refractivity contribution >= 4 is 29.6 Å². The van der Waals surface area contributed by atoms with Crippen LogP contribution in [0.25, 0.3) is 0 Å². The monoisotopic (exact) mass is 330 g/mol. The van der Waals surface area contributed by atoms with Crippen LogP contribution >= 0.6 is 10.7 Å². The molecule has 0 aromatic heterocycles. The lowest BCUT2D eigenvalue weighted by Crippen LogP contribution is -2.06. The first kappa shape index (κ1) is 15.0. The van der Waals surface area contributed by atoms with Crippen LogP contribution in [0.5, 0.6) is 0 Å². The fourth-order valence-corrected chi connectivity index (χ4v) is 4.70. The summed E-state index contributed by atoms with van der Waals surface area (Å²) < 4.78 is 47.9. The average molecular weight is 331 g/mol. The van der Waals surface area contributed by atoms with Crippen LogP contribution in [-0.2, 0) is 18.9 Å². The van der Waals surface area contributed by atoms with Gasteiger partial charge in [-0.2, -0.15) is 0 Å². The minimum atomic E-state index is -3.99. The van der Waals surface area contributed by atoms with Crippen molar-refractivity contribution in [3.63, 3.8) is 0 Å². The predicted molar refractivity (Wildman–Crippen MR) is 76.1 cm³/mol. The molecule has 0 fully saturated rings. The lowest BCUT2D eigenvalue weighted by Gasteiger charge is -2.10. The summed E-state index contributed by atoms with van der Waals surface area (Å²) in [6.07, 6.45) is 0. The van der Waals surface area contributed by atoms with E-state index < -0.39 is 18.9 Å². The van der Waals surface area contributed by atoms with Gasteiger partial charge < -0.3 is 0 Å². The molecule has 0 radical (unpaired) electrons. The van der Waals surface area contributed by atoms with Crippen molar-refractivity contribution in [1.29, 1.82) is 0 Å². The van der Waals surface area contributed by atoms with Crippen LogP contribution in [0, 0.1) is 6.92 Å². The standard InChI is InChI=1S/C13H11ClO4S2/c1-10-12(8-5-9-13(10)20(14,17)18)19(15,16)11-6-3-2-4-7-11/h2-9H,1H3. The van der Waals surface area contributed by atoms with Crippen molar-refractivity contribution in [2.75, 3.05) is 0 Å². The van der Waals surface area contributed by atoms with Gasteiger partial charge in [-0.05, 0) is 36.8 Å². The van der Waals surface area contributed by atoms with Gasteiger partial charge in [0, 0.05) is 10.7 Å².